The molecule has 3 rings (SSSR count). The van der Waals surface area contributed by atoms with Crippen molar-refractivity contribution < 1.29 is 4.74 Å². The molecule has 3 heteroatoms. The normalized spacial score (nSPS) is 16.1. The Balaban J connectivity index is 2.10. The van der Waals surface area contributed by atoms with Gasteiger partial charge in [-0.25, -0.2) is 0 Å². The molecule has 3 nitrogen and oxygen atoms in total. The molecule has 0 unspecified atom stereocenters. The van der Waals surface area contributed by atoms with Crippen molar-refractivity contribution in [2.24, 2.45) is 0 Å². The van der Waals surface area contributed by atoms with Gasteiger partial charge in [-0.1, -0.05) is 0 Å². The summed E-state index contributed by atoms with van der Waals surface area (Å²) >= 11 is 0. The van der Waals surface area contributed by atoms with Crippen LogP contribution in [0.15, 0.2) is 36.7 Å². The number of nitrogen functional groups attached to an aromatic ring is 1. The minimum Gasteiger partial charge on any atom is -0.487 e. The third kappa shape index (κ3) is 1.82. The second kappa shape index (κ2) is 3.73. The maximum atomic E-state index is 6.14. The van der Waals surface area contributed by atoms with Gasteiger partial charge in [-0.3, -0.25) is 4.98 Å². The minimum absolute atomic E-state index is 0.133. The maximum Gasteiger partial charge on any atom is 0.124 e. The molecule has 0 atom stereocenters. The monoisotopic (exact) mass is 240 g/mol. The number of rotatable bonds is 1. The number of anilines is 1. The average Bonchev–Trinajstić information content (AvgIpc) is 2.62. The SMILES string of the molecule is CC1(C)Cc2cc(N)c(-c3ccncc3)cc2O1. The van der Waals surface area contributed by atoms with E-state index in [1.165, 1.54) is 5.56 Å². The van der Waals surface area contributed by atoms with Crippen LogP contribution in [-0.4, -0.2) is 10.6 Å². The summed E-state index contributed by atoms with van der Waals surface area (Å²) in [6, 6.07) is 7.98. The molecule has 0 aliphatic carbocycles. The Kier molecular flexibility index (Phi) is 2.30. The zero-order valence-corrected chi connectivity index (χ0v) is 10.6. The summed E-state index contributed by atoms with van der Waals surface area (Å²) in [5.74, 6) is 0.945. The largest absolute Gasteiger partial charge is 0.487 e. The fourth-order valence-corrected chi connectivity index (χ4v) is 2.45. The van der Waals surface area contributed by atoms with E-state index in [0.717, 1.165) is 29.0 Å². The van der Waals surface area contributed by atoms with Gasteiger partial charge in [0.05, 0.1) is 0 Å². The van der Waals surface area contributed by atoms with Gasteiger partial charge < -0.3 is 10.5 Å². The maximum absolute atomic E-state index is 6.14. The molecular formula is C15H16N2O. The quantitative estimate of drug-likeness (QED) is 0.779. The van der Waals surface area contributed by atoms with Crippen LogP contribution in [0, 0.1) is 0 Å². The summed E-state index contributed by atoms with van der Waals surface area (Å²) in [6.07, 6.45) is 4.45. The fourth-order valence-electron chi connectivity index (χ4n) is 2.45. The van der Waals surface area contributed by atoms with Crippen LogP contribution in [0.1, 0.15) is 19.4 Å². The van der Waals surface area contributed by atoms with Gasteiger partial charge >= 0.3 is 0 Å². The Bertz CT molecular complexity index is 591. The first-order valence-corrected chi connectivity index (χ1v) is 6.07. The van der Waals surface area contributed by atoms with Crippen LogP contribution in [0.4, 0.5) is 5.69 Å². The van der Waals surface area contributed by atoms with Gasteiger partial charge in [-0.2, -0.15) is 0 Å². The highest BCUT2D eigenvalue weighted by atomic mass is 16.5. The average molecular weight is 240 g/mol. The summed E-state index contributed by atoms with van der Waals surface area (Å²) in [5.41, 5.74) is 10.1. The highest BCUT2D eigenvalue weighted by Gasteiger charge is 2.30. The van der Waals surface area contributed by atoms with E-state index in [4.69, 9.17) is 10.5 Å². The number of benzene rings is 1. The van der Waals surface area contributed by atoms with E-state index >= 15 is 0 Å². The molecule has 2 aromatic rings. The van der Waals surface area contributed by atoms with Gasteiger partial charge in [-0.05, 0) is 43.7 Å². The summed E-state index contributed by atoms with van der Waals surface area (Å²) in [5, 5.41) is 0. The molecule has 0 bridgehead atoms. The molecule has 18 heavy (non-hydrogen) atoms. The van der Waals surface area contributed by atoms with Gasteiger partial charge in [0.2, 0.25) is 0 Å². The third-order valence-electron chi connectivity index (χ3n) is 3.23. The van der Waals surface area contributed by atoms with Crippen molar-refractivity contribution in [1.29, 1.82) is 0 Å². The first-order valence-electron chi connectivity index (χ1n) is 6.07. The Morgan fingerprint density at radius 1 is 1.22 bits per heavy atom. The molecule has 1 aromatic carbocycles. The Hall–Kier alpha value is -2.03. The molecule has 0 saturated carbocycles. The zero-order chi connectivity index (χ0) is 12.8. The molecule has 1 aliphatic rings. The van der Waals surface area contributed by atoms with Crippen LogP contribution in [0.2, 0.25) is 0 Å². The van der Waals surface area contributed by atoms with Crippen LogP contribution in [0.5, 0.6) is 5.75 Å². The van der Waals surface area contributed by atoms with E-state index in [2.05, 4.69) is 18.8 Å². The molecule has 0 amide bonds. The van der Waals surface area contributed by atoms with E-state index < -0.39 is 0 Å². The molecular weight excluding hydrogens is 224 g/mol. The molecule has 0 radical (unpaired) electrons. The van der Waals surface area contributed by atoms with Crippen LogP contribution >= 0.6 is 0 Å². The Morgan fingerprint density at radius 2 is 1.94 bits per heavy atom. The second-order valence-corrected chi connectivity index (χ2v) is 5.32. The van der Waals surface area contributed by atoms with Gasteiger partial charge in [0.25, 0.3) is 0 Å². The minimum atomic E-state index is -0.133. The Labute approximate surface area is 107 Å². The van der Waals surface area contributed by atoms with Crippen molar-refractivity contribution >= 4 is 5.69 Å². The smallest absolute Gasteiger partial charge is 0.124 e. The van der Waals surface area contributed by atoms with Gasteiger partial charge in [0, 0.05) is 35.6 Å². The van der Waals surface area contributed by atoms with Crippen LogP contribution in [-0.2, 0) is 6.42 Å². The van der Waals surface area contributed by atoms with Crippen molar-refractivity contribution in [2.45, 2.75) is 25.9 Å². The molecule has 1 aliphatic heterocycles. The van der Waals surface area contributed by atoms with Gasteiger partial charge in [0.1, 0.15) is 11.4 Å². The number of ether oxygens (including phenoxy) is 1. The van der Waals surface area contributed by atoms with E-state index in [9.17, 15) is 0 Å². The van der Waals surface area contributed by atoms with Crippen molar-refractivity contribution in [2.75, 3.05) is 5.73 Å². The predicted molar refractivity (Wildman–Crippen MR) is 72.5 cm³/mol. The lowest BCUT2D eigenvalue weighted by molar-refractivity contribution is 0.138. The van der Waals surface area contributed by atoms with Gasteiger partial charge in [-0.15, -0.1) is 0 Å². The predicted octanol–water partition coefficient (Wildman–Crippen LogP) is 3.04. The summed E-state index contributed by atoms with van der Waals surface area (Å²) in [4.78, 5) is 4.02. The number of nitrogens with two attached hydrogens (primary N) is 1. The molecule has 1 aromatic heterocycles. The lowest BCUT2D eigenvalue weighted by Crippen LogP contribution is -2.24. The van der Waals surface area contributed by atoms with Crippen molar-refractivity contribution in [3.8, 4) is 16.9 Å². The molecule has 2 heterocycles. The van der Waals surface area contributed by atoms with Crippen molar-refractivity contribution in [3.63, 3.8) is 0 Å². The van der Waals surface area contributed by atoms with Crippen molar-refractivity contribution in [1.82, 2.24) is 4.98 Å². The molecule has 0 spiro atoms. The fraction of sp³-hybridized carbons (Fsp3) is 0.267. The first kappa shape index (κ1) is 11.1. The van der Waals surface area contributed by atoms with Crippen LogP contribution < -0.4 is 10.5 Å². The number of aromatic nitrogens is 1. The second-order valence-electron chi connectivity index (χ2n) is 5.32. The molecule has 92 valence electrons. The number of hydrogen-bond donors (Lipinski definition) is 1. The number of fused-ring (bicyclic) bond motifs is 1. The molecule has 2 N–H and O–H groups in total. The van der Waals surface area contributed by atoms with Crippen molar-refractivity contribution in [3.05, 3.63) is 42.2 Å². The van der Waals surface area contributed by atoms with E-state index in [1.54, 1.807) is 12.4 Å². The van der Waals surface area contributed by atoms with Crippen LogP contribution in [0.25, 0.3) is 11.1 Å². The Morgan fingerprint density at radius 3 is 2.67 bits per heavy atom. The summed E-state index contributed by atoms with van der Waals surface area (Å²) < 4.78 is 5.94. The molecule has 0 saturated heterocycles. The molecule has 0 fully saturated rings. The first-order chi connectivity index (χ1) is 8.55. The lowest BCUT2D eigenvalue weighted by atomic mass is 9.98. The summed E-state index contributed by atoms with van der Waals surface area (Å²) in [7, 11) is 0. The number of hydrogen-bond acceptors (Lipinski definition) is 3. The highest BCUT2D eigenvalue weighted by Crippen LogP contribution is 2.40. The standard InChI is InChI=1S/C15H16N2O/c1-15(2)9-11-7-13(16)12(8-14(11)18-15)10-3-5-17-6-4-10/h3-8H,9,16H2,1-2H3. The highest BCUT2D eigenvalue weighted by molar-refractivity contribution is 5.78. The third-order valence-corrected chi connectivity index (χ3v) is 3.23. The van der Waals surface area contributed by atoms with E-state index in [-0.39, 0.29) is 5.60 Å². The van der Waals surface area contributed by atoms with Gasteiger partial charge in [0.15, 0.2) is 0 Å². The topological polar surface area (TPSA) is 48.1 Å². The zero-order valence-electron chi connectivity index (χ0n) is 10.6. The summed E-state index contributed by atoms with van der Waals surface area (Å²) in [6.45, 7) is 4.19. The van der Waals surface area contributed by atoms with Crippen LogP contribution in [0.3, 0.4) is 0 Å². The number of pyridine rings is 1. The lowest BCUT2D eigenvalue weighted by Gasteiger charge is -2.17. The number of nitrogens with zero attached hydrogens (tertiary/aromatic N) is 1. The van der Waals surface area contributed by atoms with E-state index in [0.29, 0.717) is 0 Å². The van der Waals surface area contributed by atoms with E-state index in [1.807, 2.05) is 24.3 Å².